The number of aliphatic hydroxyl groups excluding tert-OH is 1. The third-order valence-electron chi connectivity index (χ3n) is 3.52. The molecule has 1 aromatic rings. The van der Waals surface area contributed by atoms with E-state index in [-0.39, 0.29) is 18.4 Å². The van der Waals surface area contributed by atoms with Gasteiger partial charge in [0, 0.05) is 12.1 Å². The predicted molar refractivity (Wildman–Crippen MR) is 78.4 cm³/mol. The lowest BCUT2D eigenvalue weighted by Crippen LogP contribution is -2.32. The van der Waals surface area contributed by atoms with Crippen molar-refractivity contribution in [2.75, 3.05) is 6.61 Å². The number of rotatable bonds is 4. The van der Waals surface area contributed by atoms with Crippen LogP contribution in [0.1, 0.15) is 36.8 Å². The van der Waals surface area contributed by atoms with Crippen LogP contribution in [0, 0.1) is 11.8 Å². The lowest BCUT2D eigenvalue weighted by atomic mass is 10.1. The molecule has 0 aromatic heterocycles. The van der Waals surface area contributed by atoms with Gasteiger partial charge in [0.15, 0.2) is 0 Å². The Morgan fingerprint density at radius 1 is 1.25 bits per heavy atom. The van der Waals surface area contributed by atoms with E-state index in [9.17, 15) is 8.42 Å². The van der Waals surface area contributed by atoms with Crippen molar-refractivity contribution >= 4 is 10.0 Å². The molecule has 1 saturated carbocycles. The highest BCUT2D eigenvalue weighted by molar-refractivity contribution is 7.90. The van der Waals surface area contributed by atoms with Crippen molar-refractivity contribution in [3.63, 3.8) is 0 Å². The largest absolute Gasteiger partial charge is 0.384 e. The lowest BCUT2D eigenvalue weighted by molar-refractivity contribution is 0.350. The third kappa shape index (κ3) is 3.83. The molecule has 0 bridgehead atoms. The van der Waals surface area contributed by atoms with E-state index >= 15 is 0 Å². The number of benzene rings is 1. The molecular formula is C15H19NO3S. The van der Waals surface area contributed by atoms with Gasteiger partial charge in [0.2, 0.25) is 10.0 Å². The Labute approximate surface area is 120 Å². The Balaban J connectivity index is 2.07. The van der Waals surface area contributed by atoms with Gasteiger partial charge in [0.25, 0.3) is 0 Å². The van der Waals surface area contributed by atoms with Gasteiger partial charge in [0.1, 0.15) is 6.61 Å². The maximum absolute atomic E-state index is 12.1. The van der Waals surface area contributed by atoms with E-state index in [2.05, 4.69) is 16.6 Å². The van der Waals surface area contributed by atoms with Crippen molar-refractivity contribution in [1.82, 2.24) is 4.72 Å². The minimum Gasteiger partial charge on any atom is -0.384 e. The molecule has 1 aliphatic rings. The van der Waals surface area contributed by atoms with Gasteiger partial charge in [-0.3, -0.25) is 0 Å². The van der Waals surface area contributed by atoms with E-state index in [1.807, 2.05) is 24.3 Å². The van der Waals surface area contributed by atoms with Crippen LogP contribution in [0.5, 0.6) is 0 Å². The van der Waals surface area contributed by atoms with E-state index < -0.39 is 10.0 Å². The highest BCUT2D eigenvalue weighted by atomic mass is 32.2. The first-order valence-electron chi connectivity index (χ1n) is 6.79. The summed E-state index contributed by atoms with van der Waals surface area (Å²) < 4.78 is 27.0. The molecule has 5 heteroatoms. The molecule has 0 spiro atoms. The summed E-state index contributed by atoms with van der Waals surface area (Å²) in [6.45, 7) is 0.0389. The van der Waals surface area contributed by atoms with Crippen LogP contribution in [0.25, 0.3) is 0 Å². The number of hydrogen-bond donors (Lipinski definition) is 2. The normalized spacial score (nSPS) is 15.8. The summed E-state index contributed by atoms with van der Waals surface area (Å²) in [7, 11) is -3.24. The summed E-state index contributed by atoms with van der Waals surface area (Å²) in [6.07, 6.45) is 3.48. The first kappa shape index (κ1) is 15.0. The number of sulfonamides is 1. The molecule has 0 amide bonds. The molecule has 2 N–H and O–H groups in total. The van der Waals surface area contributed by atoms with Crippen LogP contribution >= 0.6 is 0 Å². The molecule has 1 aliphatic carbocycles. The summed E-state index contributed by atoms with van der Waals surface area (Å²) >= 11 is 0. The molecule has 0 radical (unpaired) electrons. The van der Waals surface area contributed by atoms with Crippen LogP contribution in [-0.4, -0.2) is 25.4 Å². The van der Waals surface area contributed by atoms with Crippen LogP contribution < -0.4 is 4.72 Å². The smallest absolute Gasteiger partial charge is 0.214 e. The molecule has 0 unspecified atom stereocenters. The van der Waals surface area contributed by atoms with E-state index in [1.165, 1.54) is 0 Å². The Bertz CT molecular complexity index is 607. The second-order valence-electron chi connectivity index (χ2n) is 4.89. The molecule has 108 valence electrons. The Hall–Kier alpha value is -1.35. The summed E-state index contributed by atoms with van der Waals surface area (Å²) in [5.74, 6) is 5.42. The SMILES string of the molecule is O=S(=O)(NCc1ccccc1C#CCO)C1CCCC1. The molecule has 0 saturated heterocycles. The third-order valence-corrected chi connectivity index (χ3v) is 5.42. The molecule has 0 atom stereocenters. The van der Waals surface area contributed by atoms with E-state index in [0.717, 1.165) is 36.8 Å². The van der Waals surface area contributed by atoms with Gasteiger partial charge in [-0.2, -0.15) is 0 Å². The maximum Gasteiger partial charge on any atom is 0.214 e. The van der Waals surface area contributed by atoms with Gasteiger partial charge < -0.3 is 5.11 Å². The monoisotopic (exact) mass is 293 g/mol. The molecule has 1 aromatic carbocycles. The molecule has 4 nitrogen and oxygen atoms in total. The highest BCUT2D eigenvalue weighted by Gasteiger charge is 2.28. The molecule has 0 aliphatic heterocycles. The van der Waals surface area contributed by atoms with Gasteiger partial charge in [-0.1, -0.05) is 42.9 Å². The van der Waals surface area contributed by atoms with Gasteiger partial charge in [0.05, 0.1) is 5.25 Å². The number of aliphatic hydroxyl groups is 1. The van der Waals surface area contributed by atoms with Crippen LogP contribution in [0.3, 0.4) is 0 Å². The fourth-order valence-corrected chi connectivity index (χ4v) is 3.97. The average Bonchev–Trinajstić information content (AvgIpc) is 2.99. The zero-order valence-electron chi connectivity index (χ0n) is 11.3. The molecule has 20 heavy (non-hydrogen) atoms. The second-order valence-corrected chi connectivity index (χ2v) is 6.93. The molecular weight excluding hydrogens is 274 g/mol. The average molecular weight is 293 g/mol. The highest BCUT2D eigenvalue weighted by Crippen LogP contribution is 2.24. The standard InChI is InChI=1S/C15H19NO3S/c17-11-5-8-13-6-1-2-7-14(13)12-16-20(18,19)15-9-3-4-10-15/h1-2,6-7,15-17H,3-4,9-12H2. The predicted octanol–water partition coefficient (Wildman–Crippen LogP) is 1.39. The fraction of sp³-hybridized carbons (Fsp3) is 0.467. The number of hydrogen-bond acceptors (Lipinski definition) is 3. The van der Waals surface area contributed by atoms with Gasteiger partial charge in [-0.25, -0.2) is 13.1 Å². The van der Waals surface area contributed by atoms with Crippen molar-refractivity contribution in [3.05, 3.63) is 35.4 Å². The van der Waals surface area contributed by atoms with Gasteiger partial charge in [-0.15, -0.1) is 0 Å². The first-order chi connectivity index (χ1) is 9.63. The Kier molecular flexibility index (Phi) is 5.18. The van der Waals surface area contributed by atoms with E-state index in [1.54, 1.807) is 0 Å². The van der Waals surface area contributed by atoms with E-state index in [0.29, 0.717) is 0 Å². The van der Waals surface area contributed by atoms with Crippen molar-refractivity contribution in [2.45, 2.75) is 37.5 Å². The minimum atomic E-state index is -3.24. The Morgan fingerprint density at radius 2 is 1.95 bits per heavy atom. The van der Waals surface area contributed by atoms with Crippen LogP contribution in [0.15, 0.2) is 24.3 Å². The van der Waals surface area contributed by atoms with Gasteiger partial charge in [-0.05, 0) is 24.5 Å². The van der Waals surface area contributed by atoms with Crippen molar-refractivity contribution < 1.29 is 13.5 Å². The van der Waals surface area contributed by atoms with Crippen molar-refractivity contribution in [2.24, 2.45) is 0 Å². The summed E-state index contributed by atoms with van der Waals surface area (Å²) in [4.78, 5) is 0. The summed E-state index contributed by atoms with van der Waals surface area (Å²) in [6, 6.07) is 7.36. The minimum absolute atomic E-state index is 0.206. The van der Waals surface area contributed by atoms with Gasteiger partial charge >= 0.3 is 0 Å². The second kappa shape index (κ2) is 6.89. The zero-order valence-corrected chi connectivity index (χ0v) is 12.1. The zero-order chi connectivity index (χ0) is 14.4. The lowest BCUT2D eigenvalue weighted by Gasteiger charge is -2.13. The summed E-state index contributed by atoms with van der Waals surface area (Å²) in [5, 5.41) is 8.48. The topological polar surface area (TPSA) is 66.4 Å². The Morgan fingerprint density at radius 3 is 2.65 bits per heavy atom. The van der Waals surface area contributed by atoms with Crippen molar-refractivity contribution in [3.8, 4) is 11.8 Å². The van der Waals surface area contributed by atoms with Crippen LogP contribution in [0.2, 0.25) is 0 Å². The number of nitrogens with one attached hydrogen (secondary N) is 1. The van der Waals surface area contributed by atoms with Crippen LogP contribution in [-0.2, 0) is 16.6 Å². The van der Waals surface area contributed by atoms with Crippen molar-refractivity contribution in [1.29, 1.82) is 0 Å². The van der Waals surface area contributed by atoms with E-state index in [4.69, 9.17) is 5.11 Å². The fourth-order valence-electron chi connectivity index (χ4n) is 2.43. The first-order valence-corrected chi connectivity index (χ1v) is 8.34. The molecule has 0 heterocycles. The van der Waals surface area contributed by atoms with Crippen LogP contribution in [0.4, 0.5) is 0 Å². The summed E-state index contributed by atoms with van der Waals surface area (Å²) in [5.41, 5.74) is 1.57. The molecule has 1 fully saturated rings. The molecule has 2 rings (SSSR count). The quantitative estimate of drug-likeness (QED) is 0.825. The maximum atomic E-state index is 12.1.